The van der Waals surface area contributed by atoms with Crippen LogP contribution in [0.25, 0.3) is 11.1 Å². The van der Waals surface area contributed by atoms with Crippen LogP contribution in [0.2, 0.25) is 0 Å². The second-order valence-electron chi connectivity index (χ2n) is 12.1. The van der Waals surface area contributed by atoms with Gasteiger partial charge in [-0.25, -0.2) is 22.6 Å². The fourth-order valence-electron chi connectivity index (χ4n) is 5.87. The number of carbonyl (C=O) groups excluding carboxylic acids is 3. The van der Waals surface area contributed by atoms with Gasteiger partial charge >= 0.3 is 12.1 Å². The summed E-state index contributed by atoms with van der Waals surface area (Å²) in [7, 11) is 0. The Kier molecular flexibility index (Phi) is 12.8. The van der Waals surface area contributed by atoms with E-state index in [0.29, 0.717) is 10.6 Å². The molecule has 1 saturated heterocycles. The van der Waals surface area contributed by atoms with Crippen LogP contribution in [0.5, 0.6) is 5.75 Å². The second-order valence-corrected chi connectivity index (χ2v) is 13.0. The zero-order valence-corrected chi connectivity index (χ0v) is 30.0. The maximum absolute atomic E-state index is 16.6. The van der Waals surface area contributed by atoms with E-state index in [0.717, 1.165) is 30.1 Å². The number of alkyl halides is 4. The molecule has 3 aromatic carbocycles. The highest BCUT2D eigenvalue weighted by molar-refractivity contribution is 9.10. The Morgan fingerprint density at radius 1 is 1.06 bits per heavy atom. The number of amides is 2. The highest BCUT2D eigenvalue weighted by atomic mass is 79.9. The quantitative estimate of drug-likeness (QED) is 0.110. The SMILES string of the molecule is CCOC(=O)C[C@H](NC(=O)C(c1cc(Br)ccc1F)N(C(=O)/C=C(\CC)C(F)(F)F)N1CC(F)C1)c1c(F)c(C)cc(-c2c(C)cccc2O)c1F. The molecule has 0 aromatic heterocycles. The van der Waals surface area contributed by atoms with E-state index in [1.165, 1.54) is 32.0 Å². The number of aryl methyl sites for hydroxylation is 2. The van der Waals surface area contributed by atoms with E-state index < -0.39 is 102 Å². The number of nitrogens with zero attached hydrogens (tertiary/aromatic N) is 2. The van der Waals surface area contributed by atoms with Gasteiger partial charge in [0.15, 0.2) is 6.04 Å². The van der Waals surface area contributed by atoms with Crippen LogP contribution in [0, 0.1) is 31.3 Å². The molecule has 8 nitrogen and oxygen atoms in total. The molecule has 3 aromatic rings. The van der Waals surface area contributed by atoms with E-state index in [1.807, 2.05) is 0 Å². The van der Waals surface area contributed by atoms with Crippen molar-refractivity contribution in [2.24, 2.45) is 0 Å². The number of carbonyl (C=O) groups is 3. The van der Waals surface area contributed by atoms with Gasteiger partial charge in [-0.15, -0.1) is 0 Å². The number of phenols is 1. The predicted molar refractivity (Wildman–Crippen MR) is 180 cm³/mol. The smallest absolute Gasteiger partial charge is 0.412 e. The molecule has 0 aliphatic carbocycles. The van der Waals surface area contributed by atoms with Crippen molar-refractivity contribution in [3.63, 3.8) is 0 Å². The summed E-state index contributed by atoms with van der Waals surface area (Å²) in [5.41, 5.74) is -2.82. The molecular weight excluding hydrogens is 767 g/mol. The number of ether oxygens (including phenoxy) is 1. The summed E-state index contributed by atoms with van der Waals surface area (Å²) < 4.78 is 109. The Morgan fingerprint density at radius 2 is 1.73 bits per heavy atom. The van der Waals surface area contributed by atoms with Crippen molar-refractivity contribution in [1.29, 1.82) is 0 Å². The van der Waals surface area contributed by atoms with Crippen LogP contribution in [-0.2, 0) is 19.1 Å². The molecule has 1 unspecified atom stereocenters. The molecule has 0 radical (unpaired) electrons. The minimum absolute atomic E-state index is 0.0156. The molecule has 0 spiro atoms. The number of hydrogen-bond acceptors (Lipinski definition) is 6. The lowest BCUT2D eigenvalue weighted by Gasteiger charge is -2.45. The first-order valence-electron chi connectivity index (χ1n) is 16.1. The topological polar surface area (TPSA) is 99.2 Å². The van der Waals surface area contributed by atoms with Crippen LogP contribution in [0.4, 0.5) is 30.7 Å². The number of aromatic hydroxyl groups is 1. The normalized spacial score (nSPS) is 15.1. The molecule has 4 rings (SSSR count). The number of benzene rings is 3. The third-order valence-corrected chi connectivity index (χ3v) is 8.91. The van der Waals surface area contributed by atoms with E-state index in [2.05, 4.69) is 21.2 Å². The summed E-state index contributed by atoms with van der Waals surface area (Å²) in [5.74, 6) is -7.85. The van der Waals surface area contributed by atoms with Gasteiger partial charge in [-0.1, -0.05) is 35.0 Å². The molecule has 16 heteroatoms. The van der Waals surface area contributed by atoms with Crippen molar-refractivity contribution < 1.29 is 55.0 Å². The first-order valence-corrected chi connectivity index (χ1v) is 16.9. The van der Waals surface area contributed by atoms with E-state index >= 15 is 13.2 Å². The van der Waals surface area contributed by atoms with Gasteiger partial charge in [0.05, 0.1) is 32.2 Å². The number of halogens is 8. The fraction of sp³-hybridized carbons (Fsp3) is 0.361. The minimum atomic E-state index is -4.97. The third kappa shape index (κ3) is 8.77. The molecule has 0 bridgehead atoms. The average molecular weight is 803 g/mol. The van der Waals surface area contributed by atoms with Gasteiger partial charge < -0.3 is 15.2 Å². The standard InChI is InChI=1S/C36H35BrF7N3O5/c1-5-20(36(42,43)44)13-28(49)47(46-16-22(38)17-46)34(23-14-21(37)10-11-25(23)39)35(51)45-26(15-29(50)52-6-2)31-32(40)19(4)12-24(33(31)41)30-18(3)8-7-9-27(30)48/h7-14,22,26,34,48H,5-6,15-17H2,1-4H3,(H,45,51)/b20-13+/t26-,34?/m0/s1. The average Bonchev–Trinajstić information content (AvgIpc) is 3.04. The number of phenolic OH excluding ortho intramolecular Hbond substituents is 1. The number of nitrogens with one attached hydrogen (secondary N) is 1. The highest BCUT2D eigenvalue weighted by Crippen LogP contribution is 2.40. The van der Waals surface area contributed by atoms with Crippen LogP contribution in [0.3, 0.4) is 0 Å². The highest BCUT2D eigenvalue weighted by Gasteiger charge is 2.44. The van der Waals surface area contributed by atoms with Gasteiger partial charge in [0.1, 0.15) is 29.4 Å². The number of hydrogen-bond donors (Lipinski definition) is 2. The van der Waals surface area contributed by atoms with Crippen molar-refractivity contribution in [1.82, 2.24) is 15.3 Å². The Morgan fingerprint density at radius 3 is 2.31 bits per heavy atom. The summed E-state index contributed by atoms with van der Waals surface area (Å²) in [4.78, 5) is 41.0. The molecule has 280 valence electrons. The maximum atomic E-state index is 16.6. The van der Waals surface area contributed by atoms with Crippen LogP contribution in [-0.4, -0.2) is 65.0 Å². The number of hydrazine groups is 1. The van der Waals surface area contributed by atoms with E-state index in [4.69, 9.17) is 4.74 Å². The van der Waals surface area contributed by atoms with Crippen LogP contribution >= 0.6 is 15.9 Å². The summed E-state index contributed by atoms with van der Waals surface area (Å²) in [6.45, 7) is 4.12. The molecule has 0 saturated carbocycles. The molecule has 2 amide bonds. The molecule has 52 heavy (non-hydrogen) atoms. The molecule has 1 aliphatic heterocycles. The van der Waals surface area contributed by atoms with Gasteiger partial charge in [0.25, 0.3) is 5.91 Å². The molecule has 2 N–H and O–H groups in total. The van der Waals surface area contributed by atoms with Crippen molar-refractivity contribution in [2.45, 2.75) is 65.0 Å². The predicted octanol–water partition coefficient (Wildman–Crippen LogP) is 8.00. The number of rotatable bonds is 12. The zero-order chi connectivity index (χ0) is 38.7. The summed E-state index contributed by atoms with van der Waals surface area (Å²) in [6, 6.07) is 4.54. The second kappa shape index (κ2) is 16.5. The lowest BCUT2D eigenvalue weighted by atomic mass is 9.91. The third-order valence-electron chi connectivity index (χ3n) is 8.41. The molecule has 1 fully saturated rings. The van der Waals surface area contributed by atoms with E-state index in [1.54, 1.807) is 13.0 Å². The largest absolute Gasteiger partial charge is 0.507 e. The summed E-state index contributed by atoms with van der Waals surface area (Å²) in [6.07, 6.45) is -7.89. The van der Waals surface area contributed by atoms with E-state index in [-0.39, 0.29) is 39.6 Å². The van der Waals surface area contributed by atoms with Crippen molar-refractivity contribution >= 4 is 33.7 Å². The molecule has 1 heterocycles. The van der Waals surface area contributed by atoms with Gasteiger partial charge in [-0.05, 0) is 68.7 Å². The van der Waals surface area contributed by atoms with Crippen molar-refractivity contribution in [3.8, 4) is 16.9 Å². The molecule has 2 atom stereocenters. The number of esters is 1. The molecule has 1 aliphatic rings. The first kappa shape index (κ1) is 40.3. The summed E-state index contributed by atoms with van der Waals surface area (Å²) >= 11 is 3.14. The lowest BCUT2D eigenvalue weighted by molar-refractivity contribution is -0.175. The Balaban J connectivity index is 1.95. The van der Waals surface area contributed by atoms with Crippen LogP contribution in [0.15, 0.2) is 58.6 Å². The van der Waals surface area contributed by atoms with Gasteiger partial charge in [-0.2, -0.15) is 13.2 Å². The van der Waals surface area contributed by atoms with Crippen molar-refractivity contribution in [2.75, 3.05) is 19.7 Å². The van der Waals surface area contributed by atoms with Gasteiger partial charge in [0, 0.05) is 38.4 Å². The number of allylic oxidation sites excluding steroid dienone is 1. The van der Waals surface area contributed by atoms with Crippen LogP contribution in [0.1, 0.15) is 61.0 Å². The van der Waals surface area contributed by atoms with E-state index in [9.17, 15) is 37.1 Å². The fourth-order valence-corrected chi connectivity index (χ4v) is 6.25. The Bertz CT molecular complexity index is 1860. The maximum Gasteiger partial charge on any atom is 0.412 e. The first-order chi connectivity index (χ1) is 24.4. The van der Waals surface area contributed by atoms with Crippen LogP contribution < -0.4 is 5.32 Å². The lowest BCUT2D eigenvalue weighted by Crippen LogP contribution is -2.62. The Hall–Kier alpha value is -4.44. The minimum Gasteiger partial charge on any atom is -0.507 e. The van der Waals surface area contributed by atoms with Gasteiger partial charge in [0.2, 0.25) is 5.91 Å². The molecular formula is C36H35BrF7N3O5. The summed E-state index contributed by atoms with van der Waals surface area (Å²) in [5, 5.41) is 14.3. The Labute approximate surface area is 303 Å². The zero-order valence-electron chi connectivity index (χ0n) is 28.4. The van der Waals surface area contributed by atoms with Crippen molar-refractivity contribution in [3.05, 3.63) is 98.3 Å². The monoisotopic (exact) mass is 801 g/mol. The van der Waals surface area contributed by atoms with Gasteiger partial charge in [-0.3, -0.25) is 19.4 Å².